The minimum Gasteiger partial charge on any atom is -0.324 e. The molecule has 0 atom stereocenters. The third kappa shape index (κ3) is 2.74. The van der Waals surface area contributed by atoms with Gasteiger partial charge >= 0.3 is 0 Å². The summed E-state index contributed by atoms with van der Waals surface area (Å²) < 4.78 is 0. The second-order valence-electron chi connectivity index (χ2n) is 4.37. The molecular formula is C15H17N3O. The molecule has 2 aromatic rings. The zero-order chi connectivity index (χ0) is 13.8. The number of nitrogens with zero attached hydrogens (tertiary/aromatic N) is 1. The molecule has 0 heterocycles. The lowest BCUT2D eigenvalue weighted by Gasteiger charge is -2.19. The molecule has 19 heavy (non-hydrogen) atoms. The van der Waals surface area contributed by atoms with Crippen LogP contribution in [0.25, 0.3) is 0 Å². The van der Waals surface area contributed by atoms with Crippen LogP contribution in [0, 0.1) is 6.92 Å². The van der Waals surface area contributed by atoms with Crippen molar-refractivity contribution in [3.05, 3.63) is 59.7 Å². The number of hydrogen-bond donors (Lipinski definition) is 2. The number of carbonyl (C=O) groups excluding carboxylic acids is 1. The van der Waals surface area contributed by atoms with Gasteiger partial charge in [-0.1, -0.05) is 18.2 Å². The summed E-state index contributed by atoms with van der Waals surface area (Å²) in [5.41, 5.74) is 5.92. The number of carbonyl (C=O) groups is 1. The van der Waals surface area contributed by atoms with Crippen molar-refractivity contribution >= 4 is 17.3 Å². The molecule has 4 heteroatoms. The summed E-state index contributed by atoms with van der Waals surface area (Å²) in [5.74, 6) is 5.26. The summed E-state index contributed by atoms with van der Waals surface area (Å²) in [5, 5.41) is 0. The molecule has 0 saturated heterocycles. The molecule has 4 nitrogen and oxygen atoms in total. The zero-order valence-electron chi connectivity index (χ0n) is 11.1. The van der Waals surface area contributed by atoms with Gasteiger partial charge in [-0.25, -0.2) is 0 Å². The highest BCUT2D eigenvalue weighted by Crippen LogP contribution is 2.20. The maximum Gasteiger partial charge on any atom is 0.258 e. The van der Waals surface area contributed by atoms with E-state index >= 15 is 0 Å². The van der Waals surface area contributed by atoms with Crippen molar-refractivity contribution in [2.75, 3.05) is 17.4 Å². The quantitative estimate of drug-likeness (QED) is 0.654. The fourth-order valence-corrected chi connectivity index (χ4v) is 1.95. The minimum atomic E-state index is -0.0436. The van der Waals surface area contributed by atoms with E-state index in [1.165, 1.54) is 0 Å². The first-order chi connectivity index (χ1) is 9.13. The number of hydrazine groups is 1. The largest absolute Gasteiger partial charge is 0.324 e. The van der Waals surface area contributed by atoms with E-state index in [0.717, 1.165) is 16.9 Å². The van der Waals surface area contributed by atoms with Gasteiger partial charge in [0, 0.05) is 24.0 Å². The lowest BCUT2D eigenvalue weighted by atomic mass is 10.1. The van der Waals surface area contributed by atoms with Crippen molar-refractivity contribution in [1.29, 1.82) is 0 Å². The number of anilines is 2. The lowest BCUT2D eigenvalue weighted by molar-refractivity contribution is 0.0993. The monoisotopic (exact) mass is 255 g/mol. The highest BCUT2D eigenvalue weighted by molar-refractivity contribution is 6.06. The number of amides is 1. The summed E-state index contributed by atoms with van der Waals surface area (Å²) >= 11 is 0. The Morgan fingerprint density at radius 3 is 2.32 bits per heavy atom. The van der Waals surface area contributed by atoms with Gasteiger partial charge < -0.3 is 10.3 Å². The second-order valence-corrected chi connectivity index (χ2v) is 4.37. The highest BCUT2D eigenvalue weighted by atomic mass is 16.2. The first kappa shape index (κ1) is 13.1. The Morgan fingerprint density at radius 2 is 1.74 bits per heavy atom. The van der Waals surface area contributed by atoms with Crippen LogP contribution in [0.5, 0.6) is 0 Å². The molecule has 98 valence electrons. The van der Waals surface area contributed by atoms with Crippen molar-refractivity contribution in [2.45, 2.75) is 6.92 Å². The molecule has 0 aromatic heterocycles. The number of nitrogen functional groups attached to an aromatic ring is 1. The van der Waals surface area contributed by atoms with Gasteiger partial charge in [-0.05, 0) is 42.8 Å². The number of nitrogens with two attached hydrogens (primary N) is 1. The summed E-state index contributed by atoms with van der Waals surface area (Å²) in [4.78, 5) is 14.0. The molecule has 0 unspecified atom stereocenters. The molecular weight excluding hydrogens is 238 g/mol. The van der Waals surface area contributed by atoms with Crippen molar-refractivity contribution in [3.8, 4) is 0 Å². The predicted octanol–water partition coefficient (Wildman–Crippen LogP) is 2.56. The van der Waals surface area contributed by atoms with E-state index in [2.05, 4.69) is 5.43 Å². The van der Waals surface area contributed by atoms with E-state index in [4.69, 9.17) is 5.84 Å². The Hall–Kier alpha value is -2.33. The molecule has 2 aromatic carbocycles. The van der Waals surface area contributed by atoms with Crippen molar-refractivity contribution in [1.82, 2.24) is 0 Å². The van der Waals surface area contributed by atoms with Crippen LogP contribution in [0.2, 0.25) is 0 Å². The Labute approximate surface area is 112 Å². The third-order valence-electron chi connectivity index (χ3n) is 3.08. The van der Waals surface area contributed by atoms with Gasteiger partial charge in [0.1, 0.15) is 0 Å². The number of aryl methyl sites for hydroxylation is 1. The number of para-hydroxylation sites is 1. The first-order valence-corrected chi connectivity index (χ1v) is 6.04. The number of nitrogens with one attached hydrogen (secondary N) is 1. The van der Waals surface area contributed by atoms with E-state index < -0.39 is 0 Å². The van der Waals surface area contributed by atoms with Crippen molar-refractivity contribution in [2.24, 2.45) is 5.84 Å². The van der Waals surface area contributed by atoms with Crippen molar-refractivity contribution < 1.29 is 4.79 Å². The van der Waals surface area contributed by atoms with E-state index in [-0.39, 0.29) is 5.91 Å². The molecule has 0 aliphatic rings. The predicted molar refractivity (Wildman–Crippen MR) is 78.2 cm³/mol. The maximum absolute atomic E-state index is 12.4. The molecule has 0 bridgehead atoms. The normalized spacial score (nSPS) is 10.1. The van der Waals surface area contributed by atoms with Crippen LogP contribution >= 0.6 is 0 Å². The molecule has 2 rings (SSSR count). The van der Waals surface area contributed by atoms with Crippen LogP contribution in [-0.4, -0.2) is 13.0 Å². The Bertz CT molecular complexity index is 578. The van der Waals surface area contributed by atoms with Crippen LogP contribution in [-0.2, 0) is 0 Å². The Morgan fingerprint density at radius 1 is 1.11 bits per heavy atom. The van der Waals surface area contributed by atoms with Gasteiger partial charge in [0.15, 0.2) is 0 Å². The van der Waals surface area contributed by atoms with Gasteiger partial charge in [-0.3, -0.25) is 10.6 Å². The van der Waals surface area contributed by atoms with Crippen LogP contribution in [0.15, 0.2) is 48.5 Å². The summed E-state index contributed by atoms with van der Waals surface area (Å²) in [6.45, 7) is 1.99. The van der Waals surface area contributed by atoms with Gasteiger partial charge in [0.25, 0.3) is 5.91 Å². The molecule has 1 amide bonds. The van der Waals surface area contributed by atoms with E-state index in [1.807, 2.05) is 31.2 Å². The Balaban J connectivity index is 2.26. The topological polar surface area (TPSA) is 58.4 Å². The molecule has 0 aliphatic heterocycles. The van der Waals surface area contributed by atoms with Crippen molar-refractivity contribution in [3.63, 3.8) is 0 Å². The molecule has 0 radical (unpaired) electrons. The van der Waals surface area contributed by atoms with E-state index in [0.29, 0.717) is 5.56 Å². The average Bonchev–Trinajstić information content (AvgIpc) is 2.46. The molecule has 0 saturated carbocycles. The highest BCUT2D eigenvalue weighted by Gasteiger charge is 2.14. The van der Waals surface area contributed by atoms with E-state index in [1.54, 1.807) is 36.2 Å². The SMILES string of the molecule is Cc1ccccc1N(C)C(=O)c1ccc(NN)cc1. The summed E-state index contributed by atoms with van der Waals surface area (Å²) in [7, 11) is 1.78. The summed E-state index contributed by atoms with van der Waals surface area (Å²) in [6, 6.07) is 14.9. The van der Waals surface area contributed by atoms with Crippen LogP contribution in [0.4, 0.5) is 11.4 Å². The number of rotatable bonds is 3. The number of hydrogen-bond acceptors (Lipinski definition) is 3. The molecule has 0 spiro atoms. The van der Waals surface area contributed by atoms with Gasteiger partial charge in [-0.2, -0.15) is 0 Å². The van der Waals surface area contributed by atoms with Gasteiger partial charge in [-0.15, -0.1) is 0 Å². The van der Waals surface area contributed by atoms with Crippen LogP contribution in [0.1, 0.15) is 15.9 Å². The lowest BCUT2D eigenvalue weighted by Crippen LogP contribution is -2.26. The molecule has 0 fully saturated rings. The van der Waals surface area contributed by atoms with Crippen LogP contribution < -0.4 is 16.2 Å². The first-order valence-electron chi connectivity index (χ1n) is 6.04. The van der Waals surface area contributed by atoms with Gasteiger partial charge in [0.05, 0.1) is 0 Å². The van der Waals surface area contributed by atoms with Gasteiger partial charge in [0.2, 0.25) is 0 Å². The average molecular weight is 255 g/mol. The molecule has 3 N–H and O–H groups in total. The van der Waals surface area contributed by atoms with Crippen LogP contribution in [0.3, 0.4) is 0 Å². The standard InChI is InChI=1S/C15H17N3O/c1-11-5-3-4-6-14(11)18(2)15(19)12-7-9-13(17-16)10-8-12/h3-10,17H,16H2,1-2H3. The fourth-order valence-electron chi connectivity index (χ4n) is 1.95. The Kier molecular flexibility index (Phi) is 3.82. The third-order valence-corrected chi connectivity index (χ3v) is 3.08. The minimum absolute atomic E-state index is 0.0436. The number of benzene rings is 2. The fraction of sp³-hybridized carbons (Fsp3) is 0.133. The second kappa shape index (κ2) is 5.54. The van der Waals surface area contributed by atoms with E-state index in [9.17, 15) is 4.79 Å². The maximum atomic E-state index is 12.4. The molecule has 0 aliphatic carbocycles. The summed E-state index contributed by atoms with van der Waals surface area (Å²) in [6.07, 6.45) is 0. The smallest absolute Gasteiger partial charge is 0.258 e. The zero-order valence-corrected chi connectivity index (χ0v) is 11.1.